The van der Waals surface area contributed by atoms with Gasteiger partial charge in [0.25, 0.3) is 10.0 Å². The second-order valence-electron chi connectivity index (χ2n) is 6.45. The summed E-state index contributed by atoms with van der Waals surface area (Å²) in [4.78, 5) is 14.4. The van der Waals surface area contributed by atoms with E-state index in [0.717, 1.165) is 0 Å². The van der Waals surface area contributed by atoms with E-state index in [4.69, 9.17) is 16.3 Å². The zero-order valence-corrected chi connectivity index (χ0v) is 17.5. The van der Waals surface area contributed by atoms with Crippen LogP contribution in [0.3, 0.4) is 0 Å². The Bertz CT molecular complexity index is 927. The summed E-state index contributed by atoms with van der Waals surface area (Å²) in [6, 6.07) is 3.25. The number of nitrogens with one attached hydrogen (secondary N) is 1. The van der Waals surface area contributed by atoms with Gasteiger partial charge in [0.15, 0.2) is 0 Å². The number of halogens is 1. The lowest BCUT2D eigenvalue weighted by atomic mass is 10.2. The highest BCUT2D eigenvalue weighted by molar-refractivity contribution is 7.92. The number of anilines is 1. The predicted molar refractivity (Wildman–Crippen MR) is 107 cm³/mol. The van der Waals surface area contributed by atoms with Gasteiger partial charge in [0.05, 0.1) is 30.2 Å². The Morgan fingerprint density at radius 3 is 2.48 bits per heavy atom. The Balaban J connectivity index is 1.81. The van der Waals surface area contributed by atoms with Gasteiger partial charge in [-0.05, 0) is 48.1 Å². The first kappa shape index (κ1) is 20.1. The van der Waals surface area contributed by atoms with Crippen LogP contribution in [-0.4, -0.2) is 45.5 Å². The normalized spacial score (nSPS) is 15.0. The minimum atomic E-state index is -3.79. The average Bonchev–Trinajstić information content (AvgIpc) is 3.00. The standard InChI is InChI=1S/C18H21ClN2O4S2/c1-12-7-15(19)8-13(2)18(12)27(23,24)20-16-11-26-10-14(16)9-17(22)21-3-5-25-6-4-21/h7-8,10-11,20H,3-6,9H2,1-2H3. The lowest BCUT2D eigenvalue weighted by molar-refractivity contribution is -0.134. The first-order chi connectivity index (χ1) is 12.8. The quantitative estimate of drug-likeness (QED) is 0.793. The van der Waals surface area contributed by atoms with E-state index in [9.17, 15) is 13.2 Å². The maximum atomic E-state index is 12.9. The summed E-state index contributed by atoms with van der Waals surface area (Å²) in [5.74, 6) is -0.0315. The van der Waals surface area contributed by atoms with Gasteiger partial charge in [-0.2, -0.15) is 0 Å². The predicted octanol–water partition coefficient (Wildman–Crippen LogP) is 3.22. The molecule has 1 amide bonds. The lowest BCUT2D eigenvalue weighted by Crippen LogP contribution is -2.41. The van der Waals surface area contributed by atoms with Gasteiger partial charge in [0, 0.05) is 23.5 Å². The Morgan fingerprint density at radius 2 is 1.85 bits per heavy atom. The molecule has 1 aliphatic heterocycles. The molecule has 2 aromatic rings. The minimum Gasteiger partial charge on any atom is -0.378 e. The van der Waals surface area contributed by atoms with Crippen molar-refractivity contribution in [3.05, 3.63) is 44.6 Å². The monoisotopic (exact) mass is 428 g/mol. The number of carbonyl (C=O) groups excluding carboxylic acids is 1. The molecule has 1 aliphatic rings. The Hall–Kier alpha value is -1.61. The van der Waals surface area contributed by atoms with Crippen molar-refractivity contribution in [2.75, 3.05) is 31.0 Å². The topological polar surface area (TPSA) is 75.7 Å². The van der Waals surface area contributed by atoms with Gasteiger partial charge in [-0.15, -0.1) is 11.3 Å². The van der Waals surface area contributed by atoms with E-state index < -0.39 is 10.0 Å². The van der Waals surface area contributed by atoms with Gasteiger partial charge in [-0.25, -0.2) is 8.42 Å². The van der Waals surface area contributed by atoms with Crippen LogP contribution >= 0.6 is 22.9 Å². The Labute approximate surface area is 168 Å². The second-order valence-corrected chi connectivity index (χ2v) is 9.25. The second kappa shape index (κ2) is 8.18. The van der Waals surface area contributed by atoms with E-state index in [1.807, 2.05) is 0 Å². The van der Waals surface area contributed by atoms with Crippen LogP contribution < -0.4 is 4.72 Å². The van der Waals surface area contributed by atoms with Crippen molar-refractivity contribution < 1.29 is 17.9 Å². The molecule has 3 rings (SSSR count). The fourth-order valence-corrected chi connectivity index (χ4v) is 5.89. The summed E-state index contributed by atoms with van der Waals surface area (Å²) in [5, 5.41) is 4.01. The molecule has 0 spiro atoms. The molecule has 0 saturated carbocycles. The highest BCUT2D eigenvalue weighted by atomic mass is 35.5. The zero-order chi connectivity index (χ0) is 19.6. The van der Waals surface area contributed by atoms with Crippen molar-refractivity contribution >= 4 is 44.6 Å². The summed E-state index contributed by atoms with van der Waals surface area (Å²) in [5.41, 5.74) is 2.27. The summed E-state index contributed by atoms with van der Waals surface area (Å²) in [6.07, 6.45) is 0.153. The molecule has 9 heteroatoms. The van der Waals surface area contributed by atoms with Crippen LogP contribution in [0.1, 0.15) is 16.7 Å². The summed E-state index contributed by atoms with van der Waals surface area (Å²) in [7, 11) is -3.79. The zero-order valence-electron chi connectivity index (χ0n) is 15.1. The average molecular weight is 429 g/mol. The van der Waals surface area contributed by atoms with Crippen molar-refractivity contribution in [2.24, 2.45) is 0 Å². The minimum absolute atomic E-state index is 0.0315. The van der Waals surface area contributed by atoms with E-state index in [2.05, 4.69) is 4.72 Å². The third kappa shape index (κ3) is 4.63. The van der Waals surface area contributed by atoms with Crippen LogP contribution in [0.4, 0.5) is 5.69 Å². The maximum absolute atomic E-state index is 12.9. The van der Waals surface area contributed by atoms with Crippen LogP contribution in [-0.2, 0) is 26.0 Å². The van der Waals surface area contributed by atoms with E-state index in [1.165, 1.54) is 11.3 Å². The molecule has 0 radical (unpaired) electrons. The molecular formula is C18H21ClN2O4S2. The van der Waals surface area contributed by atoms with E-state index >= 15 is 0 Å². The van der Waals surface area contributed by atoms with Crippen molar-refractivity contribution in [2.45, 2.75) is 25.2 Å². The molecule has 2 heterocycles. The number of sulfonamides is 1. The first-order valence-electron chi connectivity index (χ1n) is 8.48. The molecule has 27 heavy (non-hydrogen) atoms. The van der Waals surface area contributed by atoms with Crippen LogP contribution in [0.25, 0.3) is 0 Å². The summed E-state index contributed by atoms with van der Waals surface area (Å²) in [6.45, 7) is 5.61. The third-order valence-corrected chi connectivity index (χ3v) is 7.07. The summed E-state index contributed by atoms with van der Waals surface area (Å²) >= 11 is 7.36. The van der Waals surface area contributed by atoms with Crippen LogP contribution in [0.5, 0.6) is 0 Å². The number of carbonyl (C=O) groups is 1. The molecule has 0 aliphatic carbocycles. The molecule has 0 atom stereocenters. The van der Waals surface area contributed by atoms with E-state index in [-0.39, 0.29) is 17.2 Å². The smallest absolute Gasteiger partial charge is 0.262 e. The molecule has 0 bridgehead atoms. The molecular weight excluding hydrogens is 408 g/mol. The fourth-order valence-electron chi connectivity index (χ4n) is 3.15. The van der Waals surface area contributed by atoms with Crippen molar-refractivity contribution in [3.63, 3.8) is 0 Å². The number of rotatable bonds is 5. The van der Waals surface area contributed by atoms with Crippen LogP contribution in [0.2, 0.25) is 5.02 Å². The lowest BCUT2D eigenvalue weighted by Gasteiger charge is -2.27. The number of hydrogen-bond acceptors (Lipinski definition) is 5. The van der Waals surface area contributed by atoms with Gasteiger partial charge in [-0.1, -0.05) is 11.6 Å². The molecule has 0 unspecified atom stereocenters. The number of nitrogens with zero attached hydrogens (tertiary/aromatic N) is 1. The van der Waals surface area contributed by atoms with Gasteiger partial charge >= 0.3 is 0 Å². The SMILES string of the molecule is Cc1cc(Cl)cc(C)c1S(=O)(=O)Nc1cscc1CC(=O)N1CCOCC1. The first-order valence-corrected chi connectivity index (χ1v) is 11.3. The van der Waals surface area contributed by atoms with Gasteiger partial charge in [0.2, 0.25) is 5.91 Å². The maximum Gasteiger partial charge on any atom is 0.262 e. The molecule has 1 aromatic carbocycles. The number of aryl methyl sites for hydroxylation is 2. The number of hydrogen-bond donors (Lipinski definition) is 1. The molecule has 1 N–H and O–H groups in total. The van der Waals surface area contributed by atoms with Crippen molar-refractivity contribution in [1.82, 2.24) is 4.90 Å². The van der Waals surface area contributed by atoms with Crippen LogP contribution in [0, 0.1) is 13.8 Å². The molecule has 1 fully saturated rings. The summed E-state index contributed by atoms with van der Waals surface area (Å²) < 4.78 is 33.8. The fraction of sp³-hybridized carbons (Fsp3) is 0.389. The molecule has 146 valence electrons. The molecule has 1 saturated heterocycles. The van der Waals surface area contributed by atoms with Gasteiger partial charge in [-0.3, -0.25) is 9.52 Å². The number of ether oxygens (including phenoxy) is 1. The number of benzene rings is 1. The molecule has 6 nitrogen and oxygen atoms in total. The number of amides is 1. The largest absolute Gasteiger partial charge is 0.378 e. The van der Waals surface area contributed by atoms with Crippen LogP contribution in [0.15, 0.2) is 27.8 Å². The van der Waals surface area contributed by atoms with Crippen molar-refractivity contribution in [1.29, 1.82) is 0 Å². The third-order valence-electron chi connectivity index (χ3n) is 4.39. The van der Waals surface area contributed by atoms with Gasteiger partial charge in [0.1, 0.15) is 0 Å². The van der Waals surface area contributed by atoms with Gasteiger partial charge < -0.3 is 9.64 Å². The number of thiophene rings is 1. The van der Waals surface area contributed by atoms with E-state index in [1.54, 1.807) is 41.6 Å². The van der Waals surface area contributed by atoms with Crippen molar-refractivity contribution in [3.8, 4) is 0 Å². The Morgan fingerprint density at radius 1 is 1.22 bits per heavy atom. The highest BCUT2D eigenvalue weighted by Crippen LogP contribution is 2.29. The number of morpholine rings is 1. The Kier molecular flexibility index (Phi) is 6.10. The highest BCUT2D eigenvalue weighted by Gasteiger charge is 2.23. The van der Waals surface area contributed by atoms with E-state index in [0.29, 0.717) is 53.7 Å². The molecule has 1 aromatic heterocycles.